The van der Waals surface area contributed by atoms with E-state index in [2.05, 4.69) is 33.2 Å². The van der Waals surface area contributed by atoms with Gasteiger partial charge in [-0.25, -0.2) is 8.78 Å². The fourth-order valence-electron chi connectivity index (χ4n) is 4.69. The number of hydrogen-bond donors (Lipinski definition) is 3. The minimum absolute atomic E-state index is 0.00610. The molecular weight excluding hydrogens is 645 g/mol. The molecule has 41 heavy (non-hydrogen) atoms. The Morgan fingerprint density at radius 1 is 1.02 bits per heavy atom. The SMILES string of the molecule is COc1ccc(C(=O)CCC(=O)N[C@@H](Cc2cc(F)cc(F)c2)[C@H](O)CNCc2cccc(I)c2)c2cc(C)oc12. The number of hydrogen-bond acceptors (Lipinski definition) is 6. The van der Waals surface area contributed by atoms with E-state index in [1.54, 1.807) is 25.1 Å². The van der Waals surface area contributed by atoms with E-state index in [9.17, 15) is 23.5 Å². The van der Waals surface area contributed by atoms with Crippen molar-refractivity contribution in [2.24, 2.45) is 0 Å². The summed E-state index contributed by atoms with van der Waals surface area (Å²) in [4.78, 5) is 26.0. The van der Waals surface area contributed by atoms with Crippen molar-refractivity contribution in [3.63, 3.8) is 0 Å². The number of benzene rings is 3. The molecule has 0 saturated heterocycles. The number of ether oxygens (including phenoxy) is 1. The molecule has 0 saturated carbocycles. The standard InChI is InChI=1S/C31H31F2IN2O5/c1-18-10-25-24(6-8-29(40-2)31(25)41-18)27(37)7-9-30(39)36-26(14-20-11-21(32)15-22(33)12-20)28(38)17-35-16-19-4-3-5-23(34)13-19/h3-6,8,10-13,15,26,28,35,38H,7,9,14,16-17H2,1-2H3,(H,36,39)/t26-,28+/m0/s1. The Hall–Kier alpha value is -3.35. The zero-order valence-corrected chi connectivity index (χ0v) is 24.8. The van der Waals surface area contributed by atoms with Crippen LogP contribution in [0.3, 0.4) is 0 Å². The van der Waals surface area contributed by atoms with Gasteiger partial charge in [0.2, 0.25) is 5.91 Å². The summed E-state index contributed by atoms with van der Waals surface area (Å²) in [5.41, 5.74) is 2.19. The summed E-state index contributed by atoms with van der Waals surface area (Å²) in [7, 11) is 1.51. The lowest BCUT2D eigenvalue weighted by molar-refractivity contribution is -0.122. The van der Waals surface area contributed by atoms with Crippen LogP contribution in [-0.2, 0) is 17.8 Å². The number of ketones is 1. The highest BCUT2D eigenvalue weighted by molar-refractivity contribution is 14.1. The van der Waals surface area contributed by atoms with Crippen molar-refractivity contribution in [3.05, 3.63) is 98.3 Å². The van der Waals surface area contributed by atoms with Crippen molar-refractivity contribution >= 4 is 45.3 Å². The lowest BCUT2D eigenvalue weighted by Crippen LogP contribution is -2.48. The van der Waals surface area contributed by atoms with E-state index in [0.29, 0.717) is 34.6 Å². The van der Waals surface area contributed by atoms with Gasteiger partial charge in [-0.3, -0.25) is 9.59 Å². The Bertz CT molecular complexity index is 1520. The number of aliphatic hydroxyl groups excluding tert-OH is 1. The van der Waals surface area contributed by atoms with Crippen LogP contribution >= 0.6 is 22.6 Å². The zero-order valence-electron chi connectivity index (χ0n) is 22.7. The Balaban J connectivity index is 1.42. The van der Waals surface area contributed by atoms with Crippen molar-refractivity contribution in [2.45, 2.75) is 44.9 Å². The zero-order chi connectivity index (χ0) is 29.5. The van der Waals surface area contributed by atoms with Gasteiger partial charge in [0, 0.05) is 46.5 Å². The predicted molar refractivity (Wildman–Crippen MR) is 160 cm³/mol. The molecule has 10 heteroatoms. The number of carbonyl (C=O) groups excluding carboxylic acids is 2. The third-order valence-corrected chi connectivity index (χ3v) is 7.30. The molecule has 0 spiro atoms. The maximum Gasteiger partial charge on any atom is 0.220 e. The summed E-state index contributed by atoms with van der Waals surface area (Å²) in [6, 6.07) is 15.1. The highest BCUT2D eigenvalue weighted by Gasteiger charge is 2.24. The first-order valence-corrected chi connectivity index (χ1v) is 14.2. The molecule has 0 aliphatic rings. The Morgan fingerprint density at radius 3 is 2.49 bits per heavy atom. The van der Waals surface area contributed by atoms with E-state index >= 15 is 0 Å². The molecule has 0 aliphatic carbocycles. The molecule has 0 unspecified atom stereocenters. The molecule has 1 heterocycles. The quantitative estimate of drug-likeness (QED) is 0.128. The van der Waals surface area contributed by atoms with E-state index in [0.717, 1.165) is 15.2 Å². The van der Waals surface area contributed by atoms with Gasteiger partial charge in [-0.1, -0.05) is 12.1 Å². The third-order valence-electron chi connectivity index (χ3n) is 6.63. The summed E-state index contributed by atoms with van der Waals surface area (Å²) in [6.07, 6.45) is -1.30. The normalized spacial score (nSPS) is 12.7. The number of amides is 1. The van der Waals surface area contributed by atoms with E-state index < -0.39 is 29.7 Å². The number of rotatable bonds is 13. The topological polar surface area (TPSA) is 101 Å². The number of furan rings is 1. The van der Waals surface area contributed by atoms with Crippen LogP contribution in [0, 0.1) is 22.1 Å². The molecule has 216 valence electrons. The van der Waals surface area contributed by atoms with Crippen molar-refractivity contribution in [1.82, 2.24) is 10.6 Å². The monoisotopic (exact) mass is 676 g/mol. The molecule has 0 fully saturated rings. The molecule has 4 rings (SSSR count). The molecule has 2 atom stereocenters. The van der Waals surface area contributed by atoms with Gasteiger partial charge in [-0.15, -0.1) is 0 Å². The average Bonchev–Trinajstić information content (AvgIpc) is 3.31. The molecule has 0 bridgehead atoms. The van der Waals surface area contributed by atoms with E-state index in [1.807, 2.05) is 24.3 Å². The largest absolute Gasteiger partial charge is 0.493 e. The third kappa shape index (κ3) is 8.34. The van der Waals surface area contributed by atoms with E-state index in [1.165, 1.54) is 19.2 Å². The van der Waals surface area contributed by atoms with E-state index in [-0.39, 0.29) is 37.2 Å². The number of methoxy groups -OCH3 is 1. The maximum absolute atomic E-state index is 13.8. The molecule has 3 N–H and O–H groups in total. The highest BCUT2D eigenvalue weighted by atomic mass is 127. The van der Waals surface area contributed by atoms with Gasteiger partial charge in [0.15, 0.2) is 17.1 Å². The average molecular weight is 676 g/mol. The van der Waals surface area contributed by atoms with Gasteiger partial charge in [0.05, 0.1) is 19.3 Å². The van der Waals surface area contributed by atoms with Gasteiger partial charge in [-0.05, 0) is 89.5 Å². The summed E-state index contributed by atoms with van der Waals surface area (Å²) in [5.74, 6) is -1.09. The van der Waals surface area contributed by atoms with Crippen molar-refractivity contribution in [3.8, 4) is 5.75 Å². The van der Waals surface area contributed by atoms with E-state index in [4.69, 9.17) is 9.15 Å². The van der Waals surface area contributed by atoms with Gasteiger partial charge < -0.3 is 24.9 Å². The molecule has 3 aromatic carbocycles. The van der Waals surface area contributed by atoms with Crippen LogP contribution in [0.1, 0.15) is 40.1 Å². The van der Waals surface area contributed by atoms with Crippen LogP contribution in [-0.4, -0.2) is 42.6 Å². The van der Waals surface area contributed by atoms with Crippen LogP contribution < -0.4 is 15.4 Å². The van der Waals surface area contributed by atoms with Gasteiger partial charge in [0.1, 0.15) is 17.4 Å². The lowest BCUT2D eigenvalue weighted by Gasteiger charge is -2.25. The summed E-state index contributed by atoms with van der Waals surface area (Å²) >= 11 is 2.22. The van der Waals surface area contributed by atoms with Gasteiger partial charge >= 0.3 is 0 Å². The minimum Gasteiger partial charge on any atom is -0.493 e. The smallest absolute Gasteiger partial charge is 0.220 e. The Kier molecular flexibility index (Phi) is 10.5. The number of fused-ring (bicyclic) bond motifs is 1. The number of nitrogens with one attached hydrogen (secondary N) is 2. The first kappa shape index (κ1) is 30.6. The summed E-state index contributed by atoms with van der Waals surface area (Å²) in [5, 5.41) is 17.5. The molecular formula is C31H31F2IN2O5. The first-order chi connectivity index (χ1) is 19.6. The minimum atomic E-state index is -1.07. The number of Topliss-reactive ketones (excluding diaryl/α,β-unsaturated/α-hetero) is 1. The van der Waals surface area contributed by atoms with Crippen LogP contribution in [0.15, 0.2) is 65.1 Å². The second kappa shape index (κ2) is 14.0. The fourth-order valence-corrected chi connectivity index (χ4v) is 5.29. The highest BCUT2D eigenvalue weighted by Crippen LogP contribution is 2.32. The Morgan fingerprint density at radius 2 is 1.78 bits per heavy atom. The molecule has 0 radical (unpaired) electrons. The second-order valence-corrected chi connectivity index (χ2v) is 11.1. The van der Waals surface area contributed by atoms with Crippen LogP contribution in [0.5, 0.6) is 5.75 Å². The molecule has 7 nitrogen and oxygen atoms in total. The summed E-state index contributed by atoms with van der Waals surface area (Å²) < 4.78 is 39.8. The number of carbonyl (C=O) groups is 2. The van der Waals surface area contributed by atoms with Crippen molar-refractivity contribution in [1.29, 1.82) is 0 Å². The number of halogens is 3. The number of aryl methyl sites for hydroxylation is 1. The molecule has 1 aromatic heterocycles. The van der Waals surface area contributed by atoms with Crippen LogP contribution in [0.4, 0.5) is 8.78 Å². The van der Waals surface area contributed by atoms with Gasteiger partial charge in [-0.2, -0.15) is 0 Å². The molecule has 4 aromatic rings. The van der Waals surface area contributed by atoms with Crippen LogP contribution in [0.2, 0.25) is 0 Å². The Labute approximate surface area is 250 Å². The lowest BCUT2D eigenvalue weighted by atomic mass is 9.99. The predicted octanol–water partition coefficient (Wildman–Crippen LogP) is 5.47. The van der Waals surface area contributed by atoms with Crippen molar-refractivity contribution < 1.29 is 32.6 Å². The van der Waals surface area contributed by atoms with Gasteiger partial charge in [0.25, 0.3) is 0 Å². The first-order valence-electron chi connectivity index (χ1n) is 13.1. The maximum atomic E-state index is 13.8. The van der Waals surface area contributed by atoms with Crippen molar-refractivity contribution in [2.75, 3.05) is 13.7 Å². The molecule has 1 amide bonds. The van der Waals surface area contributed by atoms with Crippen LogP contribution in [0.25, 0.3) is 11.0 Å². The number of aliphatic hydroxyl groups is 1. The fraction of sp³-hybridized carbons (Fsp3) is 0.290. The second-order valence-electron chi connectivity index (χ2n) is 9.82. The molecule has 0 aliphatic heterocycles. The summed E-state index contributed by atoms with van der Waals surface area (Å²) in [6.45, 7) is 2.38.